The van der Waals surface area contributed by atoms with Gasteiger partial charge in [-0.3, -0.25) is 4.85 Å². The quantitative estimate of drug-likeness (QED) is 0.789. The minimum absolute atomic E-state index is 0.617. The van der Waals surface area contributed by atoms with E-state index in [1.54, 1.807) is 25.3 Å². The highest BCUT2D eigenvalue weighted by atomic mass is 16.3. The molecule has 0 spiro atoms. The molecule has 2 rings (SSSR count). The van der Waals surface area contributed by atoms with Gasteiger partial charge < -0.3 is 9.73 Å². The summed E-state index contributed by atoms with van der Waals surface area (Å²) in [6.07, 6.45) is 1.57. The molecule has 0 fully saturated rings. The van der Waals surface area contributed by atoms with Crippen LogP contribution in [0.2, 0.25) is 0 Å². The number of furan rings is 1. The highest BCUT2D eigenvalue weighted by molar-refractivity contribution is 5.47. The van der Waals surface area contributed by atoms with E-state index in [1.165, 1.54) is 0 Å². The Bertz CT molecular complexity index is 484. The second-order valence-electron chi connectivity index (χ2n) is 3.65. The third-order valence-electron chi connectivity index (χ3n) is 2.39. The van der Waals surface area contributed by atoms with Crippen molar-refractivity contribution in [2.45, 2.75) is 12.6 Å². The molecule has 2 aromatic rings. The number of hydrogen-bond donors (Lipinski definition) is 1. The summed E-state index contributed by atoms with van der Waals surface area (Å²) in [6, 6.07) is 13.2. The number of para-hydroxylation sites is 1. The molecule has 1 N–H and O–H groups in total. The normalized spacial score (nSPS) is 13.8. The zero-order chi connectivity index (χ0) is 11.4. The summed E-state index contributed by atoms with van der Waals surface area (Å²) in [6.45, 7) is 9.08. The number of benzene rings is 1. The van der Waals surface area contributed by atoms with Gasteiger partial charge in [-0.15, -0.1) is 0 Å². The van der Waals surface area contributed by atoms with Gasteiger partial charge in [0, 0.05) is 12.6 Å². The Morgan fingerprint density at radius 3 is 2.50 bits per heavy atom. The molecule has 3 nitrogen and oxygen atoms in total. The van der Waals surface area contributed by atoms with E-state index >= 15 is 0 Å². The summed E-state index contributed by atoms with van der Waals surface area (Å²) in [5.74, 6) is 0.617. The Morgan fingerprint density at radius 1 is 1.19 bits per heavy atom. The van der Waals surface area contributed by atoms with Gasteiger partial charge in [-0.25, -0.2) is 6.57 Å². The van der Waals surface area contributed by atoms with Crippen LogP contribution in [0.25, 0.3) is 4.85 Å². The molecular formula is C13H12N2O. The second-order valence-corrected chi connectivity index (χ2v) is 3.65. The van der Waals surface area contributed by atoms with Crippen LogP contribution in [-0.2, 0) is 5.66 Å². The van der Waals surface area contributed by atoms with Crippen LogP contribution < -0.4 is 5.32 Å². The average molecular weight is 212 g/mol. The lowest BCUT2D eigenvalue weighted by atomic mass is 10.1. The maximum Gasteiger partial charge on any atom is 0.360 e. The number of hydrogen-bond acceptors (Lipinski definition) is 2. The molecule has 0 aliphatic heterocycles. The van der Waals surface area contributed by atoms with Crippen molar-refractivity contribution in [1.29, 1.82) is 0 Å². The third kappa shape index (κ3) is 1.91. The molecular weight excluding hydrogens is 200 g/mol. The van der Waals surface area contributed by atoms with Crippen molar-refractivity contribution in [2.75, 3.05) is 5.32 Å². The molecule has 1 unspecified atom stereocenters. The topological polar surface area (TPSA) is 29.5 Å². The van der Waals surface area contributed by atoms with Gasteiger partial charge >= 0.3 is 5.66 Å². The van der Waals surface area contributed by atoms with Crippen molar-refractivity contribution >= 4 is 5.69 Å². The number of nitrogens with zero attached hydrogens (tertiary/aromatic N) is 1. The summed E-state index contributed by atoms with van der Waals surface area (Å²) < 4.78 is 5.29. The average Bonchev–Trinajstić information content (AvgIpc) is 2.84. The lowest BCUT2D eigenvalue weighted by Crippen LogP contribution is -2.27. The Kier molecular flexibility index (Phi) is 2.65. The first-order chi connectivity index (χ1) is 7.74. The first-order valence-corrected chi connectivity index (χ1v) is 5.00. The van der Waals surface area contributed by atoms with Gasteiger partial charge in [0.25, 0.3) is 0 Å². The fraction of sp³-hybridized carbons (Fsp3) is 0.154. The SMILES string of the molecule is [C-]#[N+]C(C)(Nc1ccccc1)c1ccco1. The van der Waals surface area contributed by atoms with Crippen molar-refractivity contribution in [2.24, 2.45) is 0 Å². The maximum absolute atomic E-state index is 7.28. The van der Waals surface area contributed by atoms with Crippen LogP contribution in [0.5, 0.6) is 0 Å². The van der Waals surface area contributed by atoms with E-state index < -0.39 is 5.66 Å². The van der Waals surface area contributed by atoms with Crippen molar-refractivity contribution in [3.8, 4) is 0 Å². The zero-order valence-electron chi connectivity index (χ0n) is 8.97. The molecule has 80 valence electrons. The number of anilines is 1. The van der Waals surface area contributed by atoms with E-state index in [-0.39, 0.29) is 0 Å². The Hall–Kier alpha value is -2.21. The molecule has 1 atom stereocenters. The molecule has 3 heteroatoms. The first kappa shape index (κ1) is 10.3. The molecule has 16 heavy (non-hydrogen) atoms. The predicted molar refractivity (Wildman–Crippen MR) is 62.7 cm³/mol. The fourth-order valence-corrected chi connectivity index (χ4v) is 1.50. The molecule has 0 amide bonds. The molecule has 0 radical (unpaired) electrons. The molecule has 1 heterocycles. The van der Waals surface area contributed by atoms with Crippen LogP contribution in [0.15, 0.2) is 53.1 Å². The number of rotatable bonds is 3. The van der Waals surface area contributed by atoms with E-state index in [1.807, 2.05) is 30.3 Å². The van der Waals surface area contributed by atoms with Crippen molar-refractivity contribution < 1.29 is 4.42 Å². The minimum Gasteiger partial charge on any atom is -0.459 e. The highest BCUT2D eigenvalue weighted by Gasteiger charge is 2.35. The monoisotopic (exact) mass is 212 g/mol. The summed E-state index contributed by atoms with van der Waals surface area (Å²) in [7, 11) is 0. The third-order valence-corrected chi connectivity index (χ3v) is 2.39. The minimum atomic E-state index is -0.856. The standard InChI is InChI=1S/C13H12N2O/c1-13(14-2,12-9-6-10-16-12)15-11-7-4-3-5-8-11/h3-10,15H,1H3. The van der Waals surface area contributed by atoms with Gasteiger partial charge in [0.2, 0.25) is 5.76 Å². The van der Waals surface area contributed by atoms with Gasteiger partial charge in [0.15, 0.2) is 0 Å². The van der Waals surface area contributed by atoms with Crippen LogP contribution in [0.1, 0.15) is 12.7 Å². The zero-order valence-corrected chi connectivity index (χ0v) is 8.97. The summed E-state index contributed by atoms with van der Waals surface area (Å²) >= 11 is 0. The van der Waals surface area contributed by atoms with Gasteiger partial charge in [-0.05, 0) is 24.3 Å². The van der Waals surface area contributed by atoms with Crippen LogP contribution >= 0.6 is 0 Å². The van der Waals surface area contributed by atoms with Gasteiger partial charge in [0.1, 0.15) is 0 Å². The smallest absolute Gasteiger partial charge is 0.360 e. The molecule has 0 aliphatic rings. The molecule has 0 saturated carbocycles. The highest BCUT2D eigenvalue weighted by Crippen LogP contribution is 2.27. The molecule has 1 aromatic carbocycles. The fourth-order valence-electron chi connectivity index (χ4n) is 1.50. The summed E-state index contributed by atoms with van der Waals surface area (Å²) in [5.41, 5.74) is 0.0441. The van der Waals surface area contributed by atoms with Crippen LogP contribution in [-0.4, -0.2) is 0 Å². The van der Waals surface area contributed by atoms with E-state index in [9.17, 15) is 0 Å². The van der Waals surface area contributed by atoms with Gasteiger partial charge in [-0.2, -0.15) is 0 Å². The lowest BCUT2D eigenvalue weighted by molar-refractivity contribution is 0.443. The maximum atomic E-state index is 7.28. The van der Waals surface area contributed by atoms with Crippen LogP contribution in [0.4, 0.5) is 5.69 Å². The van der Waals surface area contributed by atoms with Gasteiger partial charge in [-0.1, -0.05) is 18.2 Å². The second kappa shape index (κ2) is 4.11. The largest absolute Gasteiger partial charge is 0.459 e. The molecule has 0 saturated heterocycles. The lowest BCUT2D eigenvalue weighted by Gasteiger charge is -2.17. The Labute approximate surface area is 94.5 Å². The van der Waals surface area contributed by atoms with Crippen LogP contribution in [0.3, 0.4) is 0 Å². The van der Waals surface area contributed by atoms with E-state index in [2.05, 4.69) is 10.2 Å². The van der Waals surface area contributed by atoms with E-state index in [0.29, 0.717) is 5.76 Å². The van der Waals surface area contributed by atoms with E-state index in [4.69, 9.17) is 11.0 Å². The van der Waals surface area contributed by atoms with E-state index in [0.717, 1.165) is 5.69 Å². The summed E-state index contributed by atoms with van der Waals surface area (Å²) in [4.78, 5) is 3.60. The van der Waals surface area contributed by atoms with Crippen LogP contribution in [0, 0.1) is 6.57 Å². The predicted octanol–water partition coefficient (Wildman–Crippen LogP) is 3.48. The van der Waals surface area contributed by atoms with Crippen molar-refractivity contribution in [1.82, 2.24) is 0 Å². The molecule has 0 bridgehead atoms. The molecule has 0 aliphatic carbocycles. The van der Waals surface area contributed by atoms with Crippen molar-refractivity contribution in [3.63, 3.8) is 0 Å². The Morgan fingerprint density at radius 2 is 1.94 bits per heavy atom. The Balaban J connectivity index is 2.28. The van der Waals surface area contributed by atoms with Crippen molar-refractivity contribution in [3.05, 3.63) is 65.9 Å². The first-order valence-electron chi connectivity index (χ1n) is 5.00. The number of nitrogens with one attached hydrogen (secondary N) is 1. The summed E-state index contributed by atoms with van der Waals surface area (Å²) in [5, 5.41) is 3.16. The van der Waals surface area contributed by atoms with Gasteiger partial charge in [0.05, 0.1) is 6.26 Å². The molecule has 1 aromatic heterocycles.